The predicted octanol–water partition coefficient (Wildman–Crippen LogP) is 1.48. The molecule has 0 aliphatic heterocycles. The summed E-state index contributed by atoms with van der Waals surface area (Å²) >= 11 is 0. The van der Waals surface area contributed by atoms with Gasteiger partial charge in [-0.1, -0.05) is 12.1 Å². The fourth-order valence-corrected chi connectivity index (χ4v) is 3.58. The van der Waals surface area contributed by atoms with E-state index in [2.05, 4.69) is 15.8 Å². The zero-order valence-corrected chi connectivity index (χ0v) is 18.1. The van der Waals surface area contributed by atoms with Gasteiger partial charge in [0.15, 0.2) is 0 Å². The van der Waals surface area contributed by atoms with Gasteiger partial charge in [0, 0.05) is 39.4 Å². The fourth-order valence-electron chi connectivity index (χ4n) is 2.45. The van der Waals surface area contributed by atoms with Gasteiger partial charge in [0.25, 0.3) is 5.91 Å². The molecule has 0 unspecified atom stereocenters. The molecule has 0 fully saturated rings. The van der Waals surface area contributed by atoms with Crippen LogP contribution in [0.25, 0.3) is 0 Å². The molecule has 30 heavy (non-hydrogen) atoms. The molecule has 0 atom stereocenters. The fraction of sp³-hybridized carbons (Fsp3) is 0.250. The lowest BCUT2D eigenvalue weighted by molar-refractivity contribution is -0.121. The number of nitrogens with one attached hydrogen (secondary N) is 2. The van der Waals surface area contributed by atoms with Crippen molar-refractivity contribution in [3.05, 3.63) is 54.1 Å². The maximum absolute atomic E-state index is 12.6. The Morgan fingerprint density at radius 3 is 2.13 bits per heavy atom. The second kappa shape index (κ2) is 9.99. The Bertz CT molecular complexity index is 1020. The van der Waals surface area contributed by atoms with Crippen LogP contribution < -0.4 is 15.6 Å². The smallest absolute Gasteiger partial charge is 0.255 e. The number of benzene rings is 2. The van der Waals surface area contributed by atoms with Gasteiger partial charge >= 0.3 is 0 Å². The number of hydrazone groups is 1. The number of carbonyl (C=O) groups is 2. The zero-order valence-electron chi connectivity index (χ0n) is 17.3. The van der Waals surface area contributed by atoms with E-state index in [9.17, 15) is 18.0 Å². The highest BCUT2D eigenvalue weighted by molar-refractivity contribution is 7.89. The predicted molar refractivity (Wildman–Crippen MR) is 117 cm³/mol. The minimum atomic E-state index is -3.87. The maximum Gasteiger partial charge on any atom is 0.255 e. The van der Waals surface area contributed by atoms with Crippen LogP contribution in [0.3, 0.4) is 0 Å². The molecule has 9 nitrogen and oxygen atoms in total. The third-order valence-corrected chi connectivity index (χ3v) is 5.88. The van der Waals surface area contributed by atoms with Crippen LogP contribution in [0.4, 0.5) is 11.4 Å². The van der Waals surface area contributed by atoms with Crippen molar-refractivity contribution in [3.63, 3.8) is 0 Å². The van der Waals surface area contributed by atoms with Crippen molar-refractivity contribution >= 4 is 39.4 Å². The van der Waals surface area contributed by atoms with Crippen molar-refractivity contribution in [2.45, 2.75) is 11.8 Å². The number of hydrogen-bond donors (Lipinski definition) is 2. The summed E-state index contributed by atoms with van der Waals surface area (Å²) in [5.41, 5.74) is 4.63. The minimum Gasteiger partial charge on any atom is -0.378 e. The first kappa shape index (κ1) is 23.0. The molecule has 160 valence electrons. The minimum absolute atomic E-state index is 0.0105. The highest BCUT2D eigenvalue weighted by Gasteiger charge is 2.22. The lowest BCUT2D eigenvalue weighted by Crippen LogP contribution is -2.36. The lowest BCUT2D eigenvalue weighted by Gasteiger charge is -2.16. The number of likely N-dealkylation sites (N-methyl/N-ethyl adjacent to an activating group) is 1. The molecule has 0 spiro atoms. The van der Waals surface area contributed by atoms with E-state index in [-0.39, 0.29) is 10.8 Å². The normalized spacial score (nSPS) is 11.5. The Hall–Kier alpha value is -3.24. The van der Waals surface area contributed by atoms with E-state index in [0.29, 0.717) is 5.69 Å². The average molecular weight is 432 g/mol. The molecule has 0 heterocycles. The van der Waals surface area contributed by atoms with Gasteiger partial charge in [-0.2, -0.15) is 9.41 Å². The number of carbonyl (C=O) groups excluding carboxylic acids is 2. The molecule has 0 radical (unpaired) electrons. The average Bonchev–Trinajstić information content (AvgIpc) is 2.68. The summed E-state index contributed by atoms with van der Waals surface area (Å²) in [5, 5.41) is 6.42. The van der Waals surface area contributed by atoms with Gasteiger partial charge in [-0.25, -0.2) is 13.8 Å². The third kappa shape index (κ3) is 6.39. The highest BCUT2D eigenvalue weighted by Crippen LogP contribution is 2.17. The summed E-state index contributed by atoms with van der Waals surface area (Å²) in [6.07, 6.45) is 1.48. The van der Waals surface area contributed by atoms with Crippen LogP contribution in [-0.2, 0) is 19.6 Å². The van der Waals surface area contributed by atoms with Crippen molar-refractivity contribution in [1.82, 2.24) is 9.73 Å². The summed E-state index contributed by atoms with van der Waals surface area (Å²) in [6.45, 7) is 0.963. The molecule has 10 heteroatoms. The van der Waals surface area contributed by atoms with Gasteiger partial charge < -0.3 is 10.2 Å². The molecule has 0 saturated heterocycles. The Balaban J connectivity index is 1.94. The Morgan fingerprint density at radius 2 is 1.60 bits per heavy atom. The topological polar surface area (TPSA) is 111 Å². The monoisotopic (exact) mass is 431 g/mol. The molecule has 0 bridgehead atoms. The Morgan fingerprint density at radius 1 is 1.00 bits per heavy atom. The molecule has 2 aromatic carbocycles. The SMILES string of the molecule is CC(=O)Nc1ccc(S(=O)(=O)N(C)CC(=O)N/N=C/c2ccc(N(C)C)cc2)cc1. The van der Waals surface area contributed by atoms with Crippen LogP contribution in [-0.4, -0.2) is 58.4 Å². The van der Waals surface area contributed by atoms with E-state index in [1.165, 1.54) is 44.5 Å². The number of nitrogens with zero attached hydrogens (tertiary/aromatic N) is 3. The second-order valence-corrected chi connectivity index (χ2v) is 8.79. The summed E-state index contributed by atoms with van der Waals surface area (Å²) in [6, 6.07) is 13.2. The van der Waals surface area contributed by atoms with Gasteiger partial charge in [0.05, 0.1) is 17.7 Å². The van der Waals surface area contributed by atoms with E-state index in [1.807, 2.05) is 43.3 Å². The van der Waals surface area contributed by atoms with Crippen LogP contribution in [0.1, 0.15) is 12.5 Å². The molecule has 0 aromatic heterocycles. The number of sulfonamides is 1. The number of amides is 2. The van der Waals surface area contributed by atoms with Crippen LogP contribution in [0, 0.1) is 0 Å². The number of anilines is 2. The Labute approximate surface area is 176 Å². The van der Waals surface area contributed by atoms with Crippen molar-refractivity contribution in [3.8, 4) is 0 Å². The zero-order chi connectivity index (χ0) is 22.3. The summed E-state index contributed by atoms with van der Waals surface area (Å²) in [4.78, 5) is 25.1. The molecule has 2 amide bonds. The van der Waals surface area contributed by atoms with E-state index < -0.39 is 22.5 Å². The van der Waals surface area contributed by atoms with Gasteiger partial charge in [0.2, 0.25) is 15.9 Å². The third-order valence-electron chi connectivity index (χ3n) is 4.06. The van der Waals surface area contributed by atoms with Crippen molar-refractivity contribution in [1.29, 1.82) is 0 Å². The quantitative estimate of drug-likeness (QED) is 0.486. The van der Waals surface area contributed by atoms with Crippen LogP contribution in [0.5, 0.6) is 0 Å². The first-order chi connectivity index (χ1) is 14.1. The molecular weight excluding hydrogens is 406 g/mol. The molecule has 0 aliphatic rings. The van der Waals surface area contributed by atoms with E-state index >= 15 is 0 Å². The molecule has 0 aliphatic carbocycles. The standard InChI is InChI=1S/C20H25N5O4S/c1-15(26)22-17-7-11-19(12-8-17)30(28,29)25(4)14-20(27)23-21-13-16-5-9-18(10-6-16)24(2)3/h5-13H,14H2,1-4H3,(H,22,26)(H,23,27)/b21-13+. The molecule has 2 rings (SSSR count). The summed E-state index contributed by atoms with van der Waals surface area (Å²) in [7, 11) is 1.31. The molecule has 2 aromatic rings. The summed E-state index contributed by atoms with van der Waals surface area (Å²) < 4.78 is 26.1. The largest absolute Gasteiger partial charge is 0.378 e. The van der Waals surface area contributed by atoms with E-state index in [4.69, 9.17) is 0 Å². The van der Waals surface area contributed by atoms with Gasteiger partial charge in [-0.05, 0) is 42.0 Å². The first-order valence-corrected chi connectivity index (χ1v) is 10.5. The Kier molecular flexibility index (Phi) is 7.67. The van der Waals surface area contributed by atoms with Crippen LogP contribution >= 0.6 is 0 Å². The number of hydrogen-bond acceptors (Lipinski definition) is 6. The van der Waals surface area contributed by atoms with E-state index in [0.717, 1.165) is 15.6 Å². The molecule has 2 N–H and O–H groups in total. The van der Waals surface area contributed by atoms with Gasteiger partial charge in [-0.15, -0.1) is 0 Å². The maximum atomic E-state index is 12.6. The van der Waals surface area contributed by atoms with Crippen LogP contribution in [0.2, 0.25) is 0 Å². The van der Waals surface area contributed by atoms with Gasteiger partial charge in [-0.3, -0.25) is 9.59 Å². The summed E-state index contributed by atoms with van der Waals surface area (Å²) in [5.74, 6) is -0.828. The number of rotatable bonds is 8. The molecule has 0 saturated carbocycles. The van der Waals surface area contributed by atoms with Crippen molar-refractivity contribution < 1.29 is 18.0 Å². The highest BCUT2D eigenvalue weighted by atomic mass is 32.2. The van der Waals surface area contributed by atoms with Crippen molar-refractivity contribution in [2.75, 3.05) is 37.9 Å². The van der Waals surface area contributed by atoms with Crippen molar-refractivity contribution in [2.24, 2.45) is 5.10 Å². The van der Waals surface area contributed by atoms with Crippen LogP contribution in [0.15, 0.2) is 58.5 Å². The van der Waals surface area contributed by atoms with Gasteiger partial charge in [0.1, 0.15) is 0 Å². The lowest BCUT2D eigenvalue weighted by atomic mass is 10.2. The molecular formula is C20H25N5O4S. The first-order valence-electron chi connectivity index (χ1n) is 9.03. The van der Waals surface area contributed by atoms with E-state index in [1.54, 1.807) is 0 Å². The second-order valence-electron chi connectivity index (χ2n) is 6.75.